The molecule has 0 radical (unpaired) electrons. The fourth-order valence-corrected chi connectivity index (χ4v) is 2.45. The number of nitrogens with one attached hydrogen (secondary N) is 1. The lowest BCUT2D eigenvalue weighted by Crippen LogP contribution is -2.46. The van der Waals surface area contributed by atoms with Gasteiger partial charge in [0.25, 0.3) is 0 Å². The molecule has 0 unspecified atom stereocenters. The van der Waals surface area contributed by atoms with E-state index in [1.807, 2.05) is 18.2 Å². The second-order valence-electron chi connectivity index (χ2n) is 5.80. The summed E-state index contributed by atoms with van der Waals surface area (Å²) in [6.07, 6.45) is 0. The number of aromatic amines is 1. The molecule has 0 aliphatic carbocycles. The average molecular weight is 243 g/mol. The maximum Gasteiger partial charge on any atom is 0.213 e. The van der Waals surface area contributed by atoms with Gasteiger partial charge in [-0.15, -0.1) is 4.68 Å². The summed E-state index contributed by atoms with van der Waals surface area (Å²) in [5, 5.41) is 3.48. The molecular weight excluding hydrogens is 224 g/mol. The van der Waals surface area contributed by atoms with Crippen molar-refractivity contribution in [3.63, 3.8) is 0 Å². The average Bonchev–Trinajstić information content (AvgIpc) is 2.73. The molecule has 0 saturated heterocycles. The molecule has 2 bridgehead atoms. The van der Waals surface area contributed by atoms with E-state index in [2.05, 4.69) is 42.7 Å². The Balaban J connectivity index is 2.19. The molecule has 1 aromatic heterocycles. The Kier molecular flexibility index (Phi) is 2.44. The number of aromatic nitrogens is 2. The minimum Gasteiger partial charge on any atom is -0.486 e. The van der Waals surface area contributed by atoms with Crippen molar-refractivity contribution < 1.29 is 9.42 Å². The van der Waals surface area contributed by atoms with Crippen LogP contribution in [-0.2, 0) is 12.0 Å². The van der Waals surface area contributed by atoms with E-state index < -0.39 is 0 Å². The van der Waals surface area contributed by atoms with Crippen LogP contribution in [0.4, 0.5) is 0 Å². The molecule has 0 saturated carbocycles. The van der Waals surface area contributed by atoms with E-state index >= 15 is 0 Å². The van der Waals surface area contributed by atoms with Gasteiger partial charge in [0.05, 0.1) is 0 Å². The number of ether oxygens (including phenoxy) is 1. The summed E-state index contributed by atoms with van der Waals surface area (Å²) >= 11 is 0. The molecular formula is C15H19N2O+. The fourth-order valence-electron chi connectivity index (χ4n) is 2.45. The predicted octanol–water partition coefficient (Wildman–Crippen LogP) is 2.66. The van der Waals surface area contributed by atoms with Gasteiger partial charge < -0.3 is 4.74 Å². The van der Waals surface area contributed by atoms with Gasteiger partial charge in [0.15, 0.2) is 0 Å². The molecule has 3 rings (SSSR count). The summed E-state index contributed by atoms with van der Waals surface area (Å²) in [5.41, 5.74) is 3.73. The first-order valence-electron chi connectivity index (χ1n) is 6.41. The summed E-state index contributed by atoms with van der Waals surface area (Å²) in [4.78, 5) is 0. The number of nitrogens with zero attached hydrogens (tertiary/aromatic N) is 1. The molecule has 1 aliphatic rings. The molecule has 2 aromatic rings. The quantitative estimate of drug-likeness (QED) is 0.708. The standard InChI is InChI=1S/C15H18N2O/c1-15(2,3)14-10-12-11-6-4-5-7-13(11)18-9-8-17(14)16-12/h4-7,10H,8-9H2,1-3H3/p+1. The molecule has 2 heterocycles. The molecule has 0 fully saturated rings. The lowest BCUT2D eigenvalue weighted by Gasteiger charge is -2.13. The molecule has 94 valence electrons. The van der Waals surface area contributed by atoms with Gasteiger partial charge in [0, 0.05) is 17.0 Å². The van der Waals surface area contributed by atoms with Crippen LogP contribution in [0.2, 0.25) is 0 Å². The molecule has 0 spiro atoms. The zero-order valence-corrected chi connectivity index (χ0v) is 11.2. The van der Waals surface area contributed by atoms with Gasteiger partial charge in [-0.25, -0.2) is 0 Å². The number of fused-ring (bicyclic) bond motifs is 4. The van der Waals surface area contributed by atoms with E-state index in [9.17, 15) is 0 Å². The van der Waals surface area contributed by atoms with Gasteiger partial charge in [-0.2, -0.15) is 5.10 Å². The molecule has 0 atom stereocenters. The summed E-state index contributed by atoms with van der Waals surface area (Å²) in [7, 11) is 0. The highest BCUT2D eigenvalue weighted by Gasteiger charge is 2.30. The second kappa shape index (κ2) is 3.87. The van der Waals surface area contributed by atoms with E-state index in [-0.39, 0.29) is 5.41 Å². The first-order chi connectivity index (χ1) is 8.55. The van der Waals surface area contributed by atoms with Crippen molar-refractivity contribution >= 4 is 0 Å². The molecule has 0 amide bonds. The normalized spacial score (nSPS) is 14.4. The maximum atomic E-state index is 5.83. The molecule has 18 heavy (non-hydrogen) atoms. The van der Waals surface area contributed by atoms with Crippen LogP contribution in [0.1, 0.15) is 26.5 Å². The lowest BCUT2D eigenvalue weighted by atomic mass is 9.91. The van der Waals surface area contributed by atoms with Crippen molar-refractivity contribution in [1.82, 2.24) is 5.10 Å². The van der Waals surface area contributed by atoms with Gasteiger partial charge in [0.1, 0.15) is 18.1 Å². The second-order valence-corrected chi connectivity index (χ2v) is 5.80. The summed E-state index contributed by atoms with van der Waals surface area (Å²) in [6.45, 7) is 8.27. The topological polar surface area (TPSA) is 28.9 Å². The van der Waals surface area contributed by atoms with E-state index in [0.717, 1.165) is 23.6 Å². The number of H-pyrrole nitrogens is 1. The van der Waals surface area contributed by atoms with Gasteiger partial charge in [0.2, 0.25) is 12.2 Å². The monoisotopic (exact) mass is 243 g/mol. The minimum atomic E-state index is 0.133. The molecule has 3 nitrogen and oxygen atoms in total. The van der Waals surface area contributed by atoms with Crippen LogP contribution in [0.25, 0.3) is 11.3 Å². The Morgan fingerprint density at radius 2 is 2.00 bits per heavy atom. The lowest BCUT2D eigenvalue weighted by molar-refractivity contribution is -0.759. The van der Waals surface area contributed by atoms with Gasteiger partial charge >= 0.3 is 0 Å². The van der Waals surface area contributed by atoms with Crippen molar-refractivity contribution in [2.24, 2.45) is 0 Å². The Hall–Kier alpha value is -1.77. The molecule has 1 aromatic carbocycles. The van der Waals surface area contributed by atoms with E-state index in [0.29, 0.717) is 6.61 Å². The van der Waals surface area contributed by atoms with Crippen LogP contribution in [-0.4, -0.2) is 11.7 Å². The summed E-state index contributed by atoms with van der Waals surface area (Å²) < 4.78 is 8.03. The first-order valence-corrected chi connectivity index (χ1v) is 6.41. The number of para-hydroxylation sites is 1. The third-order valence-electron chi connectivity index (χ3n) is 3.35. The van der Waals surface area contributed by atoms with Crippen LogP contribution in [0.15, 0.2) is 30.3 Å². The van der Waals surface area contributed by atoms with Crippen molar-refractivity contribution in [3.05, 3.63) is 36.0 Å². The molecule has 1 aliphatic heterocycles. The van der Waals surface area contributed by atoms with Crippen LogP contribution in [0, 0.1) is 0 Å². The zero-order chi connectivity index (χ0) is 12.8. The number of benzene rings is 1. The maximum absolute atomic E-state index is 5.83. The highest BCUT2D eigenvalue weighted by molar-refractivity contribution is 5.67. The molecule has 1 N–H and O–H groups in total. The van der Waals surface area contributed by atoms with E-state index in [4.69, 9.17) is 4.74 Å². The zero-order valence-electron chi connectivity index (χ0n) is 11.2. The third kappa shape index (κ3) is 1.80. The Labute approximate surface area is 107 Å². The van der Waals surface area contributed by atoms with Crippen molar-refractivity contribution in [3.8, 4) is 17.0 Å². The summed E-state index contributed by atoms with van der Waals surface area (Å²) in [5.74, 6) is 0.964. The minimum absolute atomic E-state index is 0.133. The summed E-state index contributed by atoms with van der Waals surface area (Å²) in [6, 6.07) is 10.4. The van der Waals surface area contributed by atoms with E-state index in [1.165, 1.54) is 5.69 Å². The highest BCUT2D eigenvalue weighted by Crippen LogP contribution is 2.31. The number of hydrogen-bond acceptors (Lipinski definition) is 1. The van der Waals surface area contributed by atoms with Crippen LogP contribution in [0.3, 0.4) is 0 Å². The van der Waals surface area contributed by atoms with Gasteiger partial charge in [-0.3, -0.25) is 0 Å². The van der Waals surface area contributed by atoms with Crippen molar-refractivity contribution in [2.75, 3.05) is 6.61 Å². The SMILES string of the molecule is CC(C)(C)c1cc2[nH][n+]1CCOc1ccccc1-2. The third-order valence-corrected chi connectivity index (χ3v) is 3.35. The number of rotatable bonds is 0. The van der Waals surface area contributed by atoms with Gasteiger partial charge in [-0.05, 0) is 12.1 Å². The van der Waals surface area contributed by atoms with Crippen molar-refractivity contribution in [1.29, 1.82) is 0 Å². The Bertz CT molecular complexity index is 578. The Morgan fingerprint density at radius 1 is 1.22 bits per heavy atom. The fraction of sp³-hybridized carbons (Fsp3) is 0.400. The first kappa shape index (κ1) is 11.3. The Morgan fingerprint density at radius 3 is 2.78 bits per heavy atom. The smallest absolute Gasteiger partial charge is 0.213 e. The molecule has 3 heteroatoms. The highest BCUT2D eigenvalue weighted by atomic mass is 16.5. The van der Waals surface area contributed by atoms with Crippen LogP contribution < -0.4 is 9.42 Å². The van der Waals surface area contributed by atoms with Crippen molar-refractivity contribution in [2.45, 2.75) is 32.7 Å². The van der Waals surface area contributed by atoms with E-state index in [1.54, 1.807) is 0 Å². The van der Waals surface area contributed by atoms with Crippen LogP contribution >= 0.6 is 0 Å². The number of hydrogen-bond donors (Lipinski definition) is 1. The largest absolute Gasteiger partial charge is 0.486 e. The van der Waals surface area contributed by atoms with Crippen LogP contribution in [0.5, 0.6) is 5.75 Å². The predicted molar refractivity (Wildman–Crippen MR) is 70.6 cm³/mol. The van der Waals surface area contributed by atoms with Gasteiger partial charge in [-0.1, -0.05) is 32.9 Å².